The zero-order chi connectivity index (χ0) is 17.5. The fraction of sp³-hybridized carbons (Fsp3) is 0.316. The number of hydrogen-bond acceptors (Lipinski definition) is 3. The smallest absolute Gasteiger partial charge is 1.00 e. The first-order valence-electron chi connectivity index (χ1n) is 7.94. The molecule has 0 aliphatic rings. The van der Waals surface area contributed by atoms with Crippen LogP contribution in [0.1, 0.15) is 37.1 Å². The largest absolute Gasteiger partial charge is 1.00 e. The minimum Gasteiger partial charge on any atom is -1.00 e. The molecule has 0 aromatic heterocycles. The molecule has 0 spiro atoms. The maximum Gasteiger partial charge on any atom is 1.00 e. The number of ether oxygens (including phenoxy) is 2. The van der Waals surface area contributed by atoms with E-state index in [1.54, 1.807) is 25.3 Å². The van der Waals surface area contributed by atoms with Crippen LogP contribution in [0.15, 0.2) is 36.4 Å². The van der Waals surface area contributed by atoms with E-state index in [2.05, 4.69) is 6.92 Å². The molecule has 0 bridgehead atoms. The summed E-state index contributed by atoms with van der Waals surface area (Å²) in [6.07, 6.45) is 2.14. The van der Waals surface area contributed by atoms with Crippen LogP contribution in [0.5, 0.6) is 11.5 Å². The number of halogens is 1. The van der Waals surface area contributed by atoms with E-state index in [1.807, 2.05) is 25.1 Å². The van der Waals surface area contributed by atoms with Gasteiger partial charge in [-0.05, 0) is 57.1 Å². The number of benzene rings is 2. The Labute approximate surface area is 169 Å². The van der Waals surface area contributed by atoms with Crippen LogP contribution in [0, 0.1) is 6.92 Å². The molecule has 2 aromatic rings. The SMILES string of the molecule is CCCCOc1ccc(PC(=O)c2c(Cl)cccc2OC)c(C)c1.[H-].[Li+]. The van der Waals surface area contributed by atoms with E-state index in [9.17, 15) is 4.79 Å². The van der Waals surface area contributed by atoms with Crippen molar-refractivity contribution in [2.45, 2.75) is 26.7 Å². The predicted molar refractivity (Wildman–Crippen MR) is 103 cm³/mol. The number of methoxy groups -OCH3 is 1. The second-order valence-corrected chi connectivity index (χ2v) is 7.10. The van der Waals surface area contributed by atoms with Gasteiger partial charge in [0, 0.05) is 0 Å². The molecule has 0 saturated heterocycles. The average Bonchev–Trinajstić information content (AvgIpc) is 2.57. The van der Waals surface area contributed by atoms with Crippen LogP contribution in [0.2, 0.25) is 5.02 Å². The van der Waals surface area contributed by atoms with Crippen LogP contribution >= 0.6 is 20.2 Å². The van der Waals surface area contributed by atoms with Gasteiger partial charge in [-0.15, -0.1) is 0 Å². The molecular formula is C19H23ClLiO3P. The third-order valence-electron chi connectivity index (χ3n) is 3.64. The molecule has 0 radical (unpaired) electrons. The summed E-state index contributed by atoms with van der Waals surface area (Å²) in [5.41, 5.74) is 1.46. The summed E-state index contributed by atoms with van der Waals surface area (Å²) < 4.78 is 11.0. The monoisotopic (exact) mass is 372 g/mol. The van der Waals surface area contributed by atoms with Crippen molar-refractivity contribution < 1.29 is 34.6 Å². The van der Waals surface area contributed by atoms with Gasteiger partial charge in [-0.2, -0.15) is 0 Å². The fourth-order valence-electron chi connectivity index (χ4n) is 2.28. The topological polar surface area (TPSA) is 35.5 Å². The normalized spacial score (nSPS) is 10.6. The van der Waals surface area contributed by atoms with Crippen LogP contribution in [-0.4, -0.2) is 19.2 Å². The first-order valence-corrected chi connectivity index (χ1v) is 9.32. The molecule has 25 heavy (non-hydrogen) atoms. The second-order valence-electron chi connectivity index (χ2n) is 5.45. The maximum atomic E-state index is 12.7. The molecule has 2 rings (SSSR count). The zero-order valence-corrected chi connectivity index (χ0v) is 16.9. The third kappa shape index (κ3) is 6.05. The minimum atomic E-state index is -0.0276. The Morgan fingerprint density at radius 3 is 2.68 bits per heavy atom. The zero-order valence-electron chi connectivity index (χ0n) is 16.2. The third-order valence-corrected chi connectivity index (χ3v) is 5.26. The van der Waals surface area contributed by atoms with Gasteiger partial charge < -0.3 is 10.9 Å². The second kappa shape index (κ2) is 10.9. The predicted octanol–water partition coefficient (Wildman–Crippen LogP) is 2.10. The van der Waals surface area contributed by atoms with Crippen molar-refractivity contribution in [3.63, 3.8) is 0 Å². The van der Waals surface area contributed by atoms with Crippen molar-refractivity contribution in [3.05, 3.63) is 52.5 Å². The number of unbranched alkanes of at least 4 members (excludes halogenated alkanes) is 1. The van der Waals surface area contributed by atoms with Crippen molar-refractivity contribution in [2.75, 3.05) is 13.7 Å². The summed E-state index contributed by atoms with van der Waals surface area (Å²) in [7, 11) is 1.53. The van der Waals surface area contributed by atoms with Crippen LogP contribution < -0.4 is 33.6 Å². The number of hydrogen-bond donors (Lipinski definition) is 0. The van der Waals surface area contributed by atoms with Gasteiger partial charge in [0.15, 0.2) is 5.52 Å². The van der Waals surface area contributed by atoms with Gasteiger partial charge in [0.25, 0.3) is 0 Å². The summed E-state index contributed by atoms with van der Waals surface area (Å²) in [6.45, 7) is 4.84. The first kappa shape index (κ1) is 22.1. The molecule has 0 aliphatic carbocycles. The molecule has 3 nitrogen and oxygen atoms in total. The maximum absolute atomic E-state index is 12.7. The standard InChI is InChI=1S/C19H22ClO3P.Li.H/c1-4-5-11-23-14-9-10-17(13(2)12-14)24-19(21)18-15(20)7-6-8-16(18)22-3;;/h6-10,12,24H,4-5,11H2,1-3H3;;/q;+1;-1. The Bertz CT molecular complexity index is 728. The van der Waals surface area contributed by atoms with Crippen LogP contribution in [0.4, 0.5) is 0 Å². The van der Waals surface area contributed by atoms with Gasteiger partial charge >= 0.3 is 18.9 Å². The molecule has 0 amide bonds. The van der Waals surface area contributed by atoms with E-state index in [0.717, 1.165) is 29.5 Å². The van der Waals surface area contributed by atoms with Crippen LogP contribution in [0.3, 0.4) is 0 Å². The molecule has 130 valence electrons. The Morgan fingerprint density at radius 1 is 1.28 bits per heavy atom. The molecule has 0 fully saturated rings. The van der Waals surface area contributed by atoms with Gasteiger partial charge in [-0.3, -0.25) is 4.79 Å². The number of aryl methyl sites for hydroxylation is 1. The molecule has 0 aliphatic heterocycles. The number of carbonyl (C=O) groups is 1. The number of carbonyl (C=O) groups excluding carboxylic acids is 1. The molecule has 0 saturated carbocycles. The van der Waals surface area contributed by atoms with E-state index < -0.39 is 0 Å². The van der Waals surface area contributed by atoms with Gasteiger partial charge in [-0.25, -0.2) is 0 Å². The fourth-order valence-corrected chi connectivity index (χ4v) is 3.67. The van der Waals surface area contributed by atoms with Gasteiger partial charge in [0.1, 0.15) is 11.5 Å². The molecule has 0 N–H and O–H groups in total. The Balaban J connectivity index is 0.00000312. The molecule has 6 heteroatoms. The van der Waals surface area contributed by atoms with Crippen molar-refractivity contribution in [1.82, 2.24) is 0 Å². The Hall–Kier alpha value is -0.973. The van der Waals surface area contributed by atoms with Crippen molar-refractivity contribution in [1.29, 1.82) is 0 Å². The van der Waals surface area contributed by atoms with E-state index in [4.69, 9.17) is 21.1 Å². The van der Waals surface area contributed by atoms with E-state index in [0.29, 0.717) is 22.9 Å². The molecule has 1 unspecified atom stereocenters. The summed E-state index contributed by atoms with van der Waals surface area (Å²) in [6, 6.07) is 11.1. The van der Waals surface area contributed by atoms with Crippen LogP contribution in [-0.2, 0) is 0 Å². The Kier molecular flexibility index (Phi) is 9.62. The Morgan fingerprint density at radius 2 is 2.04 bits per heavy atom. The molecule has 2 aromatic carbocycles. The van der Waals surface area contributed by atoms with Gasteiger partial charge in [0.05, 0.1) is 24.3 Å². The summed E-state index contributed by atoms with van der Waals surface area (Å²) in [4.78, 5) is 12.7. The van der Waals surface area contributed by atoms with Gasteiger partial charge in [0.2, 0.25) is 0 Å². The summed E-state index contributed by atoms with van der Waals surface area (Å²) in [5, 5.41) is 1.41. The van der Waals surface area contributed by atoms with E-state index >= 15 is 0 Å². The molecular weight excluding hydrogens is 350 g/mol. The summed E-state index contributed by atoms with van der Waals surface area (Å²) in [5.74, 6) is 1.36. The van der Waals surface area contributed by atoms with E-state index in [1.165, 1.54) is 0 Å². The van der Waals surface area contributed by atoms with Gasteiger partial charge in [-0.1, -0.05) is 37.1 Å². The minimum absolute atomic E-state index is 0. The average molecular weight is 373 g/mol. The van der Waals surface area contributed by atoms with Crippen LogP contribution in [0.25, 0.3) is 0 Å². The molecule has 1 atom stereocenters. The summed E-state index contributed by atoms with van der Waals surface area (Å²) >= 11 is 6.19. The first-order chi connectivity index (χ1) is 11.6. The van der Waals surface area contributed by atoms with Crippen molar-refractivity contribution in [3.8, 4) is 11.5 Å². The van der Waals surface area contributed by atoms with Crippen molar-refractivity contribution >= 4 is 31.0 Å². The molecule has 0 heterocycles. The quantitative estimate of drug-likeness (QED) is 0.404. The van der Waals surface area contributed by atoms with E-state index in [-0.39, 0.29) is 34.4 Å². The van der Waals surface area contributed by atoms with Crippen molar-refractivity contribution in [2.24, 2.45) is 0 Å². The number of rotatable bonds is 8.